The molecule has 0 fully saturated rings. The maximum atomic E-state index is 13.3. The van der Waals surface area contributed by atoms with Crippen molar-refractivity contribution in [2.75, 3.05) is 0 Å². The van der Waals surface area contributed by atoms with Gasteiger partial charge in [0.25, 0.3) is 0 Å². The van der Waals surface area contributed by atoms with Crippen molar-refractivity contribution >= 4 is 79.6 Å². The summed E-state index contributed by atoms with van der Waals surface area (Å²) in [6.07, 6.45) is -1.36. The number of carboxylic acid groups (broad SMARTS) is 1. The Morgan fingerprint density at radius 2 is 0.867 bits per heavy atom. The van der Waals surface area contributed by atoms with Gasteiger partial charge in [-0.25, -0.2) is 0 Å². The Kier molecular flexibility index (Phi) is 11.8. The summed E-state index contributed by atoms with van der Waals surface area (Å²) in [7, 11) is 0. The van der Waals surface area contributed by atoms with E-state index in [0.717, 1.165) is 6.92 Å². The fraction of sp³-hybridized carbons (Fsp3) is 0.750. The van der Waals surface area contributed by atoms with Crippen LogP contribution in [-0.4, -0.2) is 55.2 Å². The number of carbonyl (C=O) groups is 5. The van der Waals surface area contributed by atoms with Gasteiger partial charge in [0.2, 0.25) is 5.41 Å². The molecule has 4 unspecified atom stereocenters. The largest absolute Gasteiger partial charge is 0.480 e. The zero-order valence-electron chi connectivity index (χ0n) is 17.9. The molecule has 1 N–H and O–H groups in total. The Balaban J connectivity index is 7.19. The number of hydrogen-bond acceptors (Lipinski definition) is 9. The zero-order valence-corrected chi connectivity index (χ0v) is 21.5. The Hall–Kier alpha value is -0.450. The zero-order chi connectivity index (χ0) is 24.0. The third-order valence-corrected chi connectivity index (χ3v) is 5.68. The lowest BCUT2D eigenvalue weighted by atomic mass is 9.53. The van der Waals surface area contributed by atoms with Gasteiger partial charge < -0.3 is 5.11 Å². The summed E-state index contributed by atoms with van der Waals surface area (Å²) in [4.78, 5) is 66.0. The molecule has 0 saturated carbocycles. The van der Waals surface area contributed by atoms with E-state index in [9.17, 15) is 29.1 Å². The Morgan fingerprint density at radius 3 is 1.07 bits per heavy atom. The van der Waals surface area contributed by atoms with Gasteiger partial charge in [0.05, 0.1) is 0 Å². The molecule has 0 aromatic rings. The molecule has 30 heavy (non-hydrogen) atoms. The van der Waals surface area contributed by atoms with E-state index in [2.05, 4.69) is 50.5 Å². The number of ketones is 4. The lowest BCUT2D eigenvalue weighted by Crippen LogP contribution is -2.64. The van der Waals surface area contributed by atoms with Crippen molar-refractivity contribution in [3.8, 4) is 0 Å². The van der Waals surface area contributed by atoms with E-state index in [-0.39, 0.29) is 12.8 Å². The summed E-state index contributed by atoms with van der Waals surface area (Å²) >= 11 is 16.7. The molecule has 0 aliphatic rings. The highest BCUT2D eigenvalue weighted by Gasteiger charge is 2.69. The molecule has 0 aliphatic carbocycles. The van der Waals surface area contributed by atoms with Crippen molar-refractivity contribution in [2.24, 2.45) is 10.8 Å². The first-order chi connectivity index (χ1) is 13.5. The first-order valence-electron chi connectivity index (χ1n) is 9.63. The van der Waals surface area contributed by atoms with Gasteiger partial charge in [-0.05, 0) is 6.92 Å². The van der Waals surface area contributed by atoms with E-state index in [0.29, 0.717) is 0 Å². The number of thiol groups is 4. The molecule has 0 saturated heterocycles. The molecule has 6 nitrogen and oxygen atoms in total. The highest BCUT2D eigenvalue weighted by molar-refractivity contribution is 7.81. The van der Waals surface area contributed by atoms with Gasteiger partial charge in [0.1, 0.15) is 17.0 Å². The molecular weight excluding hydrogens is 464 g/mol. The van der Waals surface area contributed by atoms with Gasteiger partial charge in [-0.15, -0.1) is 0 Å². The SMILES string of the molecule is CC(S)CC(=O)C(C)(C(=O)CC(C)S)C(C(=O)O)(C(=O)CC(C)S)C(=O)CC(C)S. The molecule has 10 heteroatoms. The van der Waals surface area contributed by atoms with Crippen molar-refractivity contribution in [1.29, 1.82) is 0 Å². The number of rotatable bonds is 14. The Bertz CT molecular complexity index is 641. The molecule has 0 aromatic heterocycles. The maximum absolute atomic E-state index is 13.3. The van der Waals surface area contributed by atoms with Crippen molar-refractivity contribution in [2.45, 2.75) is 81.3 Å². The Morgan fingerprint density at radius 1 is 0.633 bits per heavy atom. The second-order valence-corrected chi connectivity index (χ2v) is 11.6. The standard InChI is InChI=1S/C20H32O6S4/c1-10(27)6-14(21)19(5,15(22)7-11(2)28)20(18(25)26,16(23)8-12(3)29)17(24)9-13(4)30/h10-13,27-30H,6-9H2,1-5H3,(H,25,26). The predicted octanol–water partition coefficient (Wildman–Crippen LogP) is 3.17. The van der Waals surface area contributed by atoms with E-state index in [1.165, 1.54) is 0 Å². The molecule has 4 atom stereocenters. The molecular formula is C20H32O6S4. The van der Waals surface area contributed by atoms with Crippen molar-refractivity contribution in [3.05, 3.63) is 0 Å². The minimum absolute atomic E-state index is 0.283. The van der Waals surface area contributed by atoms with Crippen LogP contribution in [0.4, 0.5) is 0 Å². The summed E-state index contributed by atoms with van der Waals surface area (Å²) < 4.78 is 0. The molecule has 0 rings (SSSR count). The van der Waals surface area contributed by atoms with Gasteiger partial charge in [-0.2, -0.15) is 50.5 Å². The molecule has 172 valence electrons. The third kappa shape index (κ3) is 6.53. The van der Waals surface area contributed by atoms with Gasteiger partial charge in [0, 0.05) is 46.7 Å². The van der Waals surface area contributed by atoms with E-state index in [1.54, 1.807) is 27.7 Å². The minimum atomic E-state index is -2.87. The fourth-order valence-electron chi connectivity index (χ4n) is 3.53. The lowest BCUT2D eigenvalue weighted by Gasteiger charge is -2.42. The quantitative estimate of drug-likeness (QED) is 0.187. The summed E-state index contributed by atoms with van der Waals surface area (Å²) in [5, 5.41) is 8.07. The van der Waals surface area contributed by atoms with Gasteiger partial charge in [-0.1, -0.05) is 27.7 Å². The van der Waals surface area contributed by atoms with Gasteiger partial charge in [-0.3, -0.25) is 24.0 Å². The molecule has 0 aliphatic heterocycles. The van der Waals surface area contributed by atoms with Crippen LogP contribution in [-0.2, 0) is 24.0 Å². The molecule has 0 aromatic carbocycles. The summed E-state index contributed by atoms with van der Waals surface area (Å²) in [6, 6.07) is 0. The minimum Gasteiger partial charge on any atom is -0.480 e. The number of hydrogen-bond donors (Lipinski definition) is 5. The highest BCUT2D eigenvalue weighted by atomic mass is 32.1. The van der Waals surface area contributed by atoms with Crippen LogP contribution in [0.15, 0.2) is 0 Å². The average molecular weight is 497 g/mol. The average Bonchev–Trinajstić information content (AvgIpc) is 2.51. The molecule has 0 heterocycles. The van der Waals surface area contributed by atoms with Crippen LogP contribution in [0, 0.1) is 10.8 Å². The van der Waals surface area contributed by atoms with E-state index < -0.39 is 73.8 Å². The topological polar surface area (TPSA) is 106 Å². The highest BCUT2D eigenvalue weighted by Crippen LogP contribution is 2.47. The monoisotopic (exact) mass is 496 g/mol. The second-order valence-electron chi connectivity index (χ2n) is 8.09. The van der Waals surface area contributed by atoms with Crippen LogP contribution in [0.5, 0.6) is 0 Å². The van der Waals surface area contributed by atoms with Crippen molar-refractivity contribution < 1.29 is 29.1 Å². The van der Waals surface area contributed by atoms with E-state index >= 15 is 0 Å². The number of carbonyl (C=O) groups excluding carboxylic acids is 4. The molecule has 0 amide bonds. The van der Waals surface area contributed by atoms with E-state index in [1.807, 2.05) is 0 Å². The lowest BCUT2D eigenvalue weighted by molar-refractivity contribution is -0.177. The first-order valence-corrected chi connectivity index (χ1v) is 11.7. The number of carboxylic acids is 1. The number of aliphatic carboxylic acids is 1. The van der Waals surface area contributed by atoms with Crippen molar-refractivity contribution in [1.82, 2.24) is 0 Å². The van der Waals surface area contributed by atoms with Crippen LogP contribution < -0.4 is 0 Å². The fourth-order valence-corrected chi connectivity index (χ4v) is 4.19. The normalized spacial score (nSPS) is 19.5. The molecule has 0 spiro atoms. The third-order valence-electron chi connectivity index (χ3n) is 4.95. The number of Topliss-reactive ketones (excluding diaryl/α,β-unsaturated/α-hetero) is 4. The second kappa shape index (κ2) is 12.0. The Labute approximate surface area is 200 Å². The van der Waals surface area contributed by atoms with Crippen LogP contribution in [0.2, 0.25) is 0 Å². The molecule has 0 radical (unpaired) electrons. The van der Waals surface area contributed by atoms with E-state index in [4.69, 9.17) is 0 Å². The van der Waals surface area contributed by atoms with Gasteiger partial charge in [0.15, 0.2) is 11.6 Å². The summed E-state index contributed by atoms with van der Waals surface area (Å²) in [5.74, 6) is -5.47. The smallest absolute Gasteiger partial charge is 0.326 e. The van der Waals surface area contributed by atoms with Crippen LogP contribution in [0.25, 0.3) is 0 Å². The van der Waals surface area contributed by atoms with Crippen molar-refractivity contribution in [3.63, 3.8) is 0 Å². The molecule has 0 bridgehead atoms. The van der Waals surface area contributed by atoms with Crippen LogP contribution >= 0.6 is 50.5 Å². The predicted molar refractivity (Wildman–Crippen MR) is 130 cm³/mol. The van der Waals surface area contributed by atoms with Crippen LogP contribution in [0.1, 0.15) is 60.3 Å². The van der Waals surface area contributed by atoms with Gasteiger partial charge >= 0.3 is 5.97 Å². The maximum Gasteiger partial charge on any atom is 0.326 e. The summed E-state index contributed by atoms with van der Waals surface area (Å²) in [6.45, 7) is 7.42. The van der Waals surface area contributed by atoms with Crippen LogP contribution in [0.3, 0.4) is 0 Å². The first kappa shape index (κ1) is 29.5. The summed E-state index contributed by atoms with van der Waals surface area (Å²) in [5.41, 5.74) is -5.28.